The van der Waals surface area contributed by atoms with Gasteiger partial charge < -0.3 is 25.2 Å². The quantitative estimate of drug-likeness (QED) is 0.484. The standard InChI is InChI=1S/C21H29ClN2O3/c1-3-26-20-12-18(14-24-8-7-23-9-10-25)19(22)13-21(20)27-15-17-6-4-5-16(2)11-17/h4-6,11-13,23-25H,3,7-10,14-15H2,1-2H3. The van der Waals surface area contributed by atoms with Gasteiger partial charge in [0, 0.05) is 37.3 Å². The zero-order chi connectivity index (χ0) is 19.5. The van der Waals surface area contributed by atoms with Gasteiger partial charge in [-0.2, -0.15) is 0 Å². The zero-order valence-corrected chi connectivity index (χ0v) is 16.8. The van der Waals surface area contributed by atoms with E-state index >= 15 is 0 Å². The molecule has 6 heteroatoms. The summed E-state index contributed by atoms with van der Waals surface area (Å²) in [4.78, 5) is 0. The first-order valence-corrected chi connectivity index (χ1v) is 9.67. The highest BCUT2D eigenvalue weighted by Crippen LogP contribution is 2.34. The van der Waals surface area contributed by atoms with Gasteiger partial charge in [0.1, 0.15) is 6.61 Å². The number of aliphatic hydroxyl groups excluding tert-OH is 1. The highest BCUT2D eigenvalue weighted by molar-refractivity contribution is 6.31. The second-order valence-corrected chi connectivity index (χ2v) is 6.66. The summed E-state index contributed by atoms with van der Waals surface area (Å²) >= 11 is 6.45. The highest BCUT2D eigenvalue weighted by atomic mass is 35.5. The van der Waals surface area contributed by atoms with Crippen molar-refractivity contribution in [2.75, 3.05) is 32.8 Å². The van der Waals surface area contributed by atoms with Crippen molar-refractivity contribution in [3.63, 3.8) is 0 Å². The Hall–Kier alpha value is -1.79. The molecule has 148 valence electrons. The van der Waals surface area contributed by atoms with Gasteiger partial charge >= 0.3 is 0 Å². The van der Waals surface area contributed by atoms with Crippen LogP contribution in [-0.2, 0) is 13.2 Å². The van der Waals surface area contributed by atoms with E-state index < -0.39 is 0 Å². The van der Waals surface area contributed by atoms with Crippen molar-refractivity contribution >= 4 is 11.6 Å². The molecule has 0 atom stereocenters. The summed E-state index contributed by atoms with van der Waals surface area (Å²) in [6.45, 7) is 7.98. The van der Waals surface area contributed by atoms with Gasteiger partial charge in [0.05, 0.1) is 13.2 Å². The first kappa shape index (κ1) is 21.5. The predicted molar refractivity (Wildman–Crippen MR) is 110 cm³/mol. The third kappa shape index (κ3) is 7.39. The van der Waals surface area contributed by atoms with Gasteiger partial charge in [-0.1, -0.05) is 41.4 Å². The van der Waals surface area contributed by atoms with Crippen molar-refractivity contribution in [2.24, 2.45) is 0 Å². The van der Waals surface area contributed by atoms with Crippen LogP contribution in [0.1, 0.15) is 23.6 Å². The molecule has 27 heavy (non-hydrogen) atoms. The number of rotatable bonds is 12. The maximum Gasteiger partial charge on any atom is 0.163 e. The van der Waals surface area contributed by atoms with Crippen molar-refractivity contribution in [1.29, 1.82) is 0 Å². The van der Waals surface area contributed by atoms with Gasteiger partial charge in [-0.15, -0.1) is 0 Å². The van der Waals surface area contributed by atoms with Crippen LogP contribution in [0, 0.1) is 6.92 Å². The number of nitrogens with one attached hydrogen (secondary N) is 2. The normalized spacial score (nSPS) is 10.8. The summed E-state index contributed by atoms with van der Waals surface area (Å²) in [5, 5.41) is 15.8. The van der Waals surface area contributed by atoms with Gasteiger partial charge in [-0.3, -0.25) is 0 Å². The van der Waals surface area contributed by atoms with E-state index in [1.54, 1.807) is 0 Å². The maximum absolute atomic E-state index is 8.75. The van der Waals surface area contributed by atoms with Crippen molar-refractivity contribution in [2.45, 2.75) is 27.0 Å². The summed E-state index contributed by atoms with van der Waals surface area (Å²) < 4.78 is 11.7. The molecular weight excluding hydrogens is 364 g/mol. The molecule has 0 amide bonds. The minimum absolute atomic E-state index is 0.146. The fourth-order valence-electron chi connectivity index (χ4n) is 2.66. The van der Waals surface area contributed by atoms with Crippen molar-refractivity contribution in [3.8, 4) is 11.5 Å². The molecule has 0 saturated heterocycles. The van der Waals surface area contributed by atoms with Crippen molar-refractivity contribution in [1.82, 2.24) is 10.6 Å². The minimum atomic E-state index is 0.146. The lowest BCUT2D eigenvalue weighted by molar-refractivity contribution is 0.269. The molecule has 3 N–H and O–H groups in total. The average Bonchev–Trinajstić information content (AvgIpc) is 2.65. The molecule has 0 aliphatic heterocycles. The van der Waals surface area contributed by atoms with E-state index in [1.165, 1.54) is 5.56 Å². The lowest BCUT2D eigenvalue weighted by Gasteiger charge is -2.15. The Labute approximate surface area is 166 Å². The van der Waals surface area contributed by atoms with Crippen LogP contribution in [0.3, 0.4) is 0 Å². The Morgan fingerprint density at radius 3 is 2.52 bits per heavy atom. The van der Waals surface area contributed by atoms with Gasteiger partial charge in [-0.25, -0.2) is 0 Å². The van der Waals surface area contributed by atoms with Crippen LogP contribution in [-0.4, -0.2) is 38.0 Å². The number of aryl methyl sites for hydroxylation is 1. The Kier molecular flexibility index (Phi) is 9.42. The SMILES string of the molecule is CCOc1cc(CNCCNCCO)c(Cl)cc1OCc1cccc(C)c1. The number of halogens is 1. The van der Waals surface area contributed by atoms with E-state index in [2.05, 4.69) is 29.7 Å². The molecule has 0 aromatic heterocycles. The monoisotopic (exact) mass is 392 g/mol. The Balaban J connectivity index is 1.99. The fourth-order valence-corrected chi connectivity index (χ4v) is 2.88. The second-order valence-electron chi connectivity index (χ2n) is 6.25. The topological polar surface area (TPSA) is 62.8 Å². The Bertz CT molecular complexity index is 710. The molecule has 0 heterocycles. The van der Waals surface area contributed by atoms with E-state index in [4.69, 9.17) is 26.2 Å². The van der Waals surface area contributed by atoms with Crippen LogP contribution in [0.15, 0.2) is 36.4 Å². The summed E-state index contributed by atoms with van der Waals surface area (Å²) in [7, 11) is 0. The Morgan fingerprint density at radius 1 is 1.00 bits per heavy atom. The molecule has 0 bridgehead atoms. The fraction of sp³-hybridized carbons (Fsp3) is 0.429. The molecule has 2 rings (SSSR count). The number of hydrogen-bond donors (Lipinski definition) is 3. The molecule has 0 unspecified atom stereocenters. The molecule has 0 aliphatic carbocycles. The smallest absolute Gasteiger partial charge is 0.163 e. The number of hydrogen-bond acceptors (Lipinski definition) is 5. The molecule has 0 fully saturated rings. The van der Waals surface area contributed by atoms with E-state index in [9.17, 15) is 0 Å². The van der Waals surface area contributed by atoms with Crippen molar-refractivity contribution < 1.29 is 14.6 Å². The van der Waals surface area contributed by atoms with E-state index in [1.807, 2.05) is 31.2 Å². The minimum Gasteiger partial charge on any atom is -0.490 e. The first-order chi connectivity index (χ1) is 13.1. The van der Waals surface area contributed by atoms with Gasteiger partial charge in [0.15, 0.2) is 11.5 Å². The summed E-state index contributed by atoms with van der Waals surface area (Å²) in [5.41, 5.74) is 3.27. The molecule has 2 aromatic carbocycles. The number of ether oxygens (including phenoxy) is 2. The molecule has 0 radical (unpaired) electrons. The van der Waals surface area contributed by atoms with Gasteiger partial charge in [0.25, 0.3) is 0 Å². The number of aliphatic hydroxyl groups is 1. The lowest BCUT2D eigenvalue weighted by Crippen LogP contribution is -2.28. The Morgan fingerprint density at radius 2 is 1.78 bits per heavy atom. The van der Waals surface area contributed by atoms with E-state index in [0.29, 0.717) is 42.8 Å². The van der Waals surface area contributed by atoms with Crippen LogP contribution in [0.4, 0.5) is 0 Å². The molecule has 0 saturated carbocycles. The van der Waals surface area contributed by atoms with Gasteiger partial charge in [-0.05, 0) is 31.0 Å². The van der Waals surface area contributed by atoms with E-state index in [-0.39, 0.29) is 6.61 Å². The number of benzene rings is 2. The maximum atomic E-state index is 8.75. The zero-order valence-electron chi connectivity index (χ0n) is 16.1. The van der Waals surface area contributed by atoms with Crippen LogP contribution in [0.25, 0.3) is 0 Å². The second kappa shape index (κ2) is 11.8. The predicted octanol–water partition coefficient (Wildman–Crippen LogP) is 3.30. The third-order valence-electron chi connectivity index (χ3n) is 3.97. The van der Waals surface area contributed by atoms with Crippen LogP contribution >= 0.6 is 11.6 Å². The molecule has 0 spiro atoms. The van der Waals surface area contributed by atoms with E-state index in [0.717, 1.165) is 24.2 Å². The van der Waals surface area contributed by atoms with Crippen molar-refractivity contribution in [3.05, 3.63) is 58.1 Å². The molecule has 0 aliphatic rings. The summed E-state index contributed by atoms with van der Waals surface area (Å²) in [6.07, 6.45) is 0. The van der Waals surface area contributed by atoms with Crippen LogP contribution < -0.4 is 20.1 Å². The van der Waals surface area contributed by atoms with Crippen LogP contribution in [0.2, 0.25) is 5.02 Å². The largest absolute Gasteiger partial charge is 0.490 e. The molecular formula is C21H29ClN2O3. The molecule has 2 aromatic rings. The van der Waals surface area contributed by atoms with Crippen LogP contribution in [0.5, 0.6) is 11.5 Å². The molecule has 5 nitrogen and oxygen atoms in total. The first-order valence-electron chi connectivity index (χ1n) is 9.30. The summed E-state index contributed by atoms with van der Waals surface area (Å²) in [6, 6.07) is 12.0. The highest BCUT2D eigenvalue weighted by Gasteiger charge is 2.11. The van der Waals surface area contributed by atoms with Gasteiger partial charge in [0.2, 0.25) is 0 Å². The summed E-state index contributed by atoms with van der Waals surface area (Å²) in [5.74, 6) is 1.35. The third-order valence-corrected chi connectivity index (χ3v) is 4.32. The lowest BCUT2D eigenvalue weighted by atomic mass is 10.1. The average molecular weight is 393 g/mol.